The van der Waals surface area contributed by atoms with Gasteiger partial charge in [-0.3, -0.25) is 14.5 Å². The minimum atomic E-state index is -0.536. The monoisotopic (exact) mass is 438 g/mol. The maximum atomic E-state index is 12.1. The Hall–Kier alpha value is -3.26. The summed E-state index contributed by atoms with van der Waals surface area (Å²) in [7, 11) is 1.64. The van der Waals surface area contributed by atoms with Gasteiger partial charge in [0.1, 0.15) is 0 Å². The molecule has 0 bridgehead atoms. The molecule has 1 fully saturated rings. The van der Waals surface area contributed by atoms with Crippen LogP contribution >= 0.6 is 0 Å². The van der Waals surface area contributed by atoms with Crippen LogP contribution in [0.2, 0.25) is 0 Å². The molecule has 0 aliphatic carbocycles. The Kier molecular flexibility index (Phi) is 6.50. The van der Waals surface area contributed by atoms with Gasteiger partial charge in [-0.05, 0) is 55.8 Å². The fourth-order valence-corrected chi connectivity index (χ4v) is 4.08. The number of ether oxygens (including phenoxy) is 2. The highest BCUT2D eigenvalue weighted by Crippen LogP contribution is 2.40. The van der Waals surface area contributed by atoms with Crippen LogP contribution in [0.5, 0.6) is 11.5 Å². The first-order valence-corrected chi connectivity index (χ1v) is 11.0. The zero-order chi connectivity index (χ0) is 22.7. The van der Waals surface area contributed by atoms with Gasteiger partial charge in [-0.25, -0.2) is 0 Å². The number of anilines is 2. The van der Waals surface area contributed by atoms with E-state index in [4.69, 9.17) is 9.47 Å². The quantitative estimate of drug-likeness (QED) is 0.721. The van der Waals surface area contributed by atoms with Crippen LogP contribution < -0.4 is 25.0 Å². The molecule has 2 aromatic carbocycles. The summed E-state index contributed by atoms with van der Waals surface area (Å²) in [6, 6.07) is 11.7. The Balaban J connectivity index is 1.41. The number of piperazine rings is 1. The lowest BCUT2D eigenvalue weighted by Gasteiger charge is -2.36. The summed E-state index contributed by atoms with van der Waals surface area (Å²) in [6.45, 7) is 8.59. The van der Waals surface area contributed by atoms with E-state index in [1.165, 1.54) is 0 Å². The summed E-state index contributed by atoms with van der Waals surface area (Å²) in [5, 5.41) is 5.58. The highest BCUT2D eigenvalue weighted by atomic mass is 16.5. The van der Waals surface area contributed by atoms with E-state index in [-0.39, 0.29) is 11.8 Å². The highest BCUT2D eigenvalue weighted by molar-refractivity contribution is 5.98. The molecule has 2 N–H and O–H groups in total. The maximum Gasteiger partial charge on any atom is 0.265 e. The summed E-state index contributed by atoms with van der Waals surface area (Å²) in [5.74, 6) is 1.05. The van der Waals surface area contributed by atoms with Crippen molar-refractivity contribution >= 4 is 23.2 Å². The Labute approximate surface area is 188 Å². The first kappa shape index (κ1) is 22.0. The molecule has 1 saturated heterocycles. The van der Waals surface area contributed by atoms with E-state index < -0.39 is 6.10 Å². The second-order valence-corrected chi connectivity index (χ2v) is 8.04. The lowest BCUT2D eigenvalue weighted by molar-refractivity contribution is -0.122. The van der Waals surface area contributed by atoms with Gasteiger partial charge >= 0.3 is 0 Å². The van der Waals surface area contributed by atoms with Gasteiger partial charge in [0.25, 0.3) is 11.8 Å². The molecule has 2 amide bonds. The molecular weight excluding hydrogens is 408 g/mol. The summed E-state index contributed by atoms with van der Waals surface area (Å²) < 4.78 is 11.6. The maximum absolute atomic E-state index is 12.1. The summed E-state index contributed by atoms with van der Waals surface area (Å²) >= 11 is 0. The van der Waals surface area contributed by atoms with Gasteiger partial charge in [0.15, 0.2) is 17.6 Å². The molecule has 2 aromatic rings. The summed E-state index contributed by atoms with van der Waals surface area (Å²) in [5.41, 5.74) is 3.54. The first-order chi connectivity index (χ1) is 15.5. The van der Waals surface area contributed by atoms with E-state index in [1.807, 2.05) is 43.3 Å². The number of rotatable bonds is 6. The Morgan fingerprint density at radius 3 is 2.56 bits per heavy atom. The van der Waals surface area contributed by atoms with Crippen LogP contribution in [0, 0.1) is 0 Å². The third-order valence-electron chi connectivity index (χ3n) is 5.84. The van der Waals surface area contributed by atoms with Gasteiger partial charge in [0.2, 0.25) is 0 Å². The number of hydrogen-bond donors (Lipinski definition) is 2. The van der Waals surface area contributed by atoms with Gasteiger partial charge in [-0.2, -0.15) is 0 Å². The largest absolute Gasteiger partial charge is 0.490 e. The van der Waals surface area contributed by atoms with Crippen LogP contribution in [0.15, 0.2) is 36.4 Å². The normalized spacial score (nSPS) is 18.4. The predicted octanol–water partition coefficient (Wildman–Crippen LogP) is 2.49. The van der Waals surface area contributed by atoms with Crippen LogP contribution in [0.25, 0.3) is 0 Å². The van der Waals surface area contributed by atoms with E-state index in [0.717, 1.165) is 44.0 Å². The number of benzene rings is 2. The van der Waals surface area contributed by atoms with Crippen LogP contribution in [0.1, 0.15) is 29.8 Å². The van der Waals surface area contributed by atoms with Gasteiger partial charge < -0.3 is 25.0 Å². The standard InChI is InChI=1S/C24H30N4O4/c1-4-31-21-14-17(13-20-22(21)32-16(2)23(29)26-20)15-27-9-11-28(12-10-27)19-7-5-18(6-8-19)24(30)25-3/h5-8,13-14,16H,4,9-12,15H2,1-3H3,(H,25,30)(H,26,29). The number of fused-ring (bicyclic) bond motifs is 1. The molecule has 32 heavy (non-hydrogen) atoms. The molecule has 1 atom stereocenters. The molecule has 2 aliphatic rings. The van der Waals surface area contributed by atoms with Crippen molar-refractivity contribution in [2.75, 3.05) is 50.1 Å². The van der Waals surface area contributed by atoms with Crippen molar-refractivity contribution in [3.63, 3.8) is 0 Å². The van der Waals surface area contributed by atoms with E-state index in [1.54, 1.807) is 14.0 Å². The van der Waals surface area contributed by atoms with E-state index in [9.17, 15) is 9.59 Å². The van der Waals surface area contributed by atoms with Gasteiger partial charge in [0.05, 0.1) is 12.3 Å². The SMILES string of the molecule is CCOc1cc(CN2CCN(c3ccc(C(=O)NC)cc3)CC2)cc2c1OC(C)C(=O)N2. The summed E-state index contributed by atoms with van der Waals surface area (Å²) in [4.78, 5) is 28.5. The van der Waals surface area contributed by atoms with E-state index in [2.05, 4.69) is 20.4 Å². The average Bonchev–Trinajstić information content (AvgIpc) is 2.81. The molecule has 0 aromatic heterocycles. The number of nitrogens with one attached hydrogen (secondary N) is 2. The number of amides is 2. The lowest BCUT2D eigenvalue weighted by Crippen LogP contribution is -2.46. The Morgan fingerprint density at radius 1 is 1.19 bits per heavy atom. The van der Waals surface area contributed by atoms with Crippen LogP contribution in [-0.4, -0.2) is 62.7 Å². The number of nitrogens with zero attached hydrogens (tertiary/aromatic N) is 2. The molecule has 8 nitrogen and oxygen atoms in total. The minimum absolute atomic E-state index is 0.0751. The second kappa shape index (κ2) is 9.48. The van der Waals surface area contributed by atoms with Crippen molar-refractivity contribution in [2.24, 2.45) is 0 Å². The van der Waals surface area contributed by atoms with Crippen molar-refractivity contribution in [2.45, 2.75) is 26.5 Å². The van der Waals surface area contributed by atoms with E-state index >= 15 is 0 Å². The topological polar surface area (TPSA) is 83.1 Å². The minimum Gasteiger partial charge on any atom is -0.490 e. The molecule has 2 heterocycles. The predicted molar refractivity (Wildman–Crippen MR) is 124 cm³/mol. The van der Waals surface area contributed by atoms with Crippen LogP contribution in [0.4, 0.5) is 11.4 Å². The first-order valence-electron chi connectivity index (χ1n) is 11.0. The number of carbonyl (C=O) groups excluding carboxylic acids is 2. The zero-order valence-corrected chi connectivity index (χ0v) is 18.8. The Bertz CT molecular complexity index is 984. The number of hydrogen-bond acceptors (Lipinski definition) is 6. The van der Waals surface area contributed by atoms with Crippen molar-refractivity contribution < 1.29 is 19.1 Å². The molecular formula is C24H30N4O4. The molecule has 1 unspecified atom stereocenters. The van der Waals surface area contributed by atoms with Crippen LogP contribution in [0.3, 0.4) is 0 Å². The average molecular weight is 439 g/mol. The Morgan fingerprint density at radius 2 is 1.91 bits per heavy atom. The summed E-state index contributed by atoms with van der Waals surface area (Å²) in [6.07, 6.45) is -0.536. The second-order valence-electron chi connectivity index (χ2n) is 8.04. The number of carbonyl (C=O) groups is 2. The molecule has 0 saturated carbocycles. The van der Waals surface area contributed by atoms with E-state index in [0.29, 0.717) is 29.4 Å². The smallest absolute Gasteiger partial charge is 0.265 e. The van der Waals surface area contributed by atoms with Crippen molar-refractivity contribution in [3.05, 3.63) is 47.5 Å². The fourth-order valence-electron chi connectivity index (χ4n) is 4.08. The van der Waals surface area contributed by atoms with Gasteiger partial charge in [-0.15, -0.1) is 0 Å². The molecule has 2 aliphatic heterocycles. The van der Waals surface area contributed by atoms with Crippen molar-refractivity contribution in [3.8, 4) is 11.5 Å². The highest BCUT2D eigenvalue weighted by Gasteiger charge is 2.28. The van der Waals surface area contributed by atoms with Gasteiger partial charge in [-0.1, -0.05) is 0 Å². The van der Waals surface area contributed by atoms with Gasteiger partial charge in [0, 0.05) is 51.0 Å². The molecule has 170 valence electrons. The lowest BCUT2D eigenvalue weighted by atomic mass is 10.1. The van der Waals surface area contributed by atoms with Crippen molar-refractivity contribution in [1.82, 2.24) is 10.2 Å². The third-order valence-corrected chi connectivity index (χ3v) is 5.84. The van der Waals surface area contributed by atoms with Crippen LogP contribution in [-0.2, 0) is 11.3 Å². The fraction of sp³-hybridized carbons (Fsp3) is 0.417. The third kappa shape index (κ3) is 4.65. The molecule has 0 spiro atoms. The van der Waals surface area contributed by atoms with Crippen molar-refractivity contribution in [1.29, 1.82) is 0 Å². The molecule has 4 rings (SSSR count). The zero-order valence-electron chi connectivity index (χ0n) is 18.8. The molecule has 0 radical (unpaired) electrons. The molecule has 8 heteroatoms.